The fourth-order valence-corrected chi connectivity index (χ4v) is 3.59. The molecule has 9 nitrogen and oxygen atoms in total. The molecular weight excluding hydrogens is 392 g/mol. The number of aromatic nitrogens is 5. The van der Waals surface area contributed by atoms with Crippen LogP contribution in [0.15, 0.2) is 43.0 Å². The summed E-state index contributed by atoms with van der Waals surface area (Å²) in [6.07, 6.45) is 6.13. The molecule has 162 valence electrons. The number of nitrogens with one attached hydrogen (secondary N) is 1. The zero-order valence-corrected chi connectivity index (χ0v) is 18.0. The molecule has 1 fully saturated rings. The Morgan fingerprint density at radius 2 is 1.77 bits per heavy atom. The van der Waals surface area contributed by atoms with Crippen LogP contribution in [0.1, 0.15) is 28.2 Å². The van der Waals surface area contributed by atoms with Gasteiger partial charge in [0.15, 0.2) is 0 Å². The Kier molecular flexibility index (Phi) is 6.51. The van der Waals surface area contributed by atoms with Crippen LogP contribution in [0.25, 0.3) is 0 Å². The Hall–Kier alpha value is -3.33. The lowest BCUT2D eigenvalue weighted by Crippen LogP contribution is -2.47. The van der Waals surface area contributed by atoms with E-state index < -0.39 is 0 Å². The third kappa shape index (κ3) is 5.43. The van der Waals surface area contributed by atoms with Gasteiger partial charge in [0, 0.05) is 57.3 Å². The topological polar surface area (TPSA) is 92.1 Å². The number of carbonyl (C=O) groups is 1. The van der Waals surface area contributed by atoms with Gasteiger partial charge in [-0.2, -0.15) is 0 Å². The summed E-state index contributed by atoms with van der Waals surface area (Å²) in [4.78, 5) is 29.9. The zero-order valence-electron chi connectivity index (χ0n) is 18.0. The Labute approximate surface area is 182 Å². The van der Waals surface area contributed by atoms with E-state index in [2.05, 4.69) is 35.2 Å². The molecule has 1 aliphatic heterocycles. The highest BCUT2D eigenvalue weighted by Crippen LogP contribution is 2.15. The molecule has 0 saturated carbocycles. The number of aryl methyl sites for hydroxylation is 3. The number of amides is 1. The van der Waals surface area contributed by atoms with Crippen LogP contribution in [-0.4, -0.2) is 68.3 Å². The van der Waals surface area contributed by atoms with Gasteiger partial charge >= 0.3 is 0 Å². The SMILES string of the molecule is Cc1ccc(NC(=O)c2ncn(CCCN3CCN(c4ncccn4)CC3)n2)cc1C. The largest absolute Gasteiger partial charge is 0.338 e. The van der Waals surface area contributed by atoms with Crippen LogP contribution in [0.2, 0.25) is 0 Å². The lowest BCUT2D eigenvalue weighted by Gasteiger charge is -2.34. The molecule has 1 aliphatic rings. The average molecular weight is 421 g/mol. The fourth-order valence-electron chi connectivity index (χ4n) is 3.59. The molecule has 0 spiro atoms. The van der Waals surface area contributed by atoms with E-state index >= 15 is 0 Å². The minimum Gasteiger partial charge on any atom is -0.338 e. The van der Waals surface area contributed by atoms with Crippen LogP contribution in [0.3, 0.4) is 0 Å². The van der Waals surface area contributed by atoms with Crippen molar-refractivity contribution in [3.05, 3.63) is 59.9 Å². The van der Waals surface area contributed by atoms with Gasteiger partial charge in [-0.1, -0.05) is 6.07 Å². The van der Waals surface area contributed by atoms with Crippen LogP contribution < -0.4 is 10.2 Å². The van der Waals surface area contributed by atoms with Crippen LogP contribution in [-0.2, 0) is 6.54 Å². The molecule has 1 saturated heterocycles. The maximum absolute atomic E-state index is 12.4. The van der Waals surface area contributed by atoms with Crippen molar-refractivity contribution >= 4 is 17.5 Å². The molecule has 1 aromatic carbocycles. The van der Waals surface area contributed by atoms with Crippen molar-refractivity contribution in [2.45, 2.75) is 26.8 Å². The zero-order chi connectivity index (χ0) is 21.6. The summed E-state index contributed by atoms with van der Waals surface area (Å²) in [5.41, 5.74) is 3.08. The summed E-state index contributed by atoms with van der Waals surface area (Å²) >= 11 is 0. The minimum atomic E-state index is -0.291. The maximum Gasteiger partial charge on any atom is 0.295 e. The van der Waals surface area contributed by atoms with Gasteiger partial charge in [0.05, 0.1) is 0 Å². The van der Waals surface area contributed by atoms with E-state index in [0.29, 0.717) is 0 Å². The molecule has 0 bridgehead atoms. The Morgan fingerprint density at radius 1 is 1.00 bits per heavy atom. The second-order valence-electron chi connectivity index (χ2n) is 7.82. The van der Waals surface area contributed by atoms with Gasteiger partial charge in [-0.25, -0.2) is 15.0 Å². The normalized spacial score (nSPS) is 14.6. The van der Waals surface area contributed by atoms with Gasteiger partial charge in [-0.05, 0) is 49.6 Å². The van der Waals surface area contributed by atoms with Crippen molar-refractivity contribution in [1.82, 2.24) is 29.6 Å². The fraction of sp³-hybridized carbons (Fsp3) is 0.409. The lowest BCUT2D eigenvalue weighted by atomic mass is 10.1. The average Bonchev–Trinajstić information content (AvgIpc) is 3.27. The standard InChI is InChI=1S/C22H28N8O/c1-17-5-6-19(15-18(17)2)26-21(31)20-25-16-30(27-20)10-4-9-28-11-13-29(14-12-28)22-23-7-3-8-24-22/h3,5-8,15-16H,4,9-14H2,1-2H3,(H,26,31). The van der Waals surface area contributed by atoms with Crippen LogP contribution >= 0.6 is 0 Å². The van der Waals surface area contributed by atoms with Gasteiger partial charge in [0.2, 0.25) is 11.8 Å². The first-order chi connectivity index (χ1) is 15.1. The number of hydrogen-bond acceptors (Lipinski definition) is 7. The molecule has 0 radical (unpaired) electrons. The predicted molar refractivity (Wildman–Crippen MR) is 119 cm³/mol. The van der Waals surface area contributed by atoms with E-state index in [-0.39, 0.29) is 11.7 Å². The van der Waals surface area contributed by atoms with Crippen molar-refractivity contribution in [3.63, 3.8) is 0 Å². The number of anilines is 2. The molecule has 1 amide bonds. The predicted octanol–water partition coefficient (Wildman–Crippen LogP) is 2.15. The molecule has 3 aromatic rings. The molecule has 0 atom stereocenters. The molecule has 2 aromatic heterocycles. The van der Waals surface area contributed by atoms with E-state index in [9.17, 15) is 4.79 Å². The number of nitrogens with zero attached hydrogens (tertiary/aromatic N) is 7. The van der Waals surface area contributed by atoms with Crippen molar-refractivity contribution in [3.8, 4) is 0 Å². The monoisotopic (exact) mass is 420 g/mol. The van der Waals surface area contributed by atoms with Crippen molar-refractivity contribution in [2.75, 3.05) is 42.9 Å². The lowest BCUT2D eigenvalue weighted by molar-refractivity contribution is 0.101. The smallest absolute Gasteiger partial charge is 0.295 e. The number of rotatable bonds is 7. The third-order valence-corrected chi connectivity index (χ3v) is 5.57. The highest BCUT2D eigenvalue weighted by atomic mass is 16.2. The van der Waals surface area contributed by atoms with E-state index in [1.54, 1.807) is 23.4 Å². The van der Waals surface area contributed by atoms with Crippen LogP contribution in [0, 0.1) is 13.8 Å². The van der Waals surface area contributed by atoms with E-state index in [1.165, 1.54) is 5.56 Å². The first-order valence-corrected chi connectivity index (χ1v) is 10.6. The summed E-state index contributed by atoms with van der Waals surface area (Å²) < 4.78 is 1.74. The number of piperazine rings is 1. The van der Waals surface area contributed by atoms with Gasteiger partial charge in [-0.15, -0.1) is 5.10 Å². The minimum absolute atomic E-state index is 0.190. The summed E-state index contributed by atoms with van der Waals surface area (Å²) in [6.45, 7) is 9.60. The Balaban J connectivity index is 1.21. The summed E-state index contributed by atoms with van der Waals surface area (Å²) in [7, 11) is 0. The summed E-state index contributed by atoms with van der Waals surface area (Å²) in [5.74, 6) is 0.701. The van der Waals surface area contributed by atoms with Crippen LogP contribution in [0.4, 0.5) is 11.6 Å². The third-order valence-electron chi connectivity index (χ3n) is 5.57. The number of carbonyl (C=O) groups excluding carboxylic acids is 1. The Bertz CT molecular complexity index is 1010. The van der Waals surface area contributed by atoms with E-state index in [0.717, 1.165) is 62.9 Å². The summed E-state index contributed by atoms with van der Waals surface area (Å²) in [6, 6.07) is 7.67. The number of benzene rings is 1. The second kappa shape index (κ2) is 9.65. The molecule has 4 rings (SSSR count). The number of hydrogen-bond donors (Lipinski definition) is 1. The first kappa shape index (κ1) is 20.9. The molecule has 0 unspecified atom stereocenters. The van der Waals surface area contributed by atoms with E-state index in [1.807, 2.05) is 38.1 Å². The highest BCUT2D eigenvalue weighted by molar-refractivity contribution is 6.01. The van der Waals surface area contributed by atoms with Gasteiger partial charge < -0.3 is 10.2 Å². The maximum atomic E-state index is 12.4. The second-order valence-corrected chi connectivity index (χ2v) is 7.82. The molecule has 9 heteroatoms. The molecule has 1 N–H and O–H groups in total. The molecule has 0 aliphatic carbocycles. The summed E-state index contributed by atoms with van der Waals surface area (Å²) in [5, 5.41) is 7.20. The van der Waals surface area contributed by atoms with E-state index in [4.69, 9.17) is 0 Å². The van der Waals surface area contributed by atoms with Crippen molar-refractivity contribution in [1.29, 1.82) is 0 Å². The first-order valence-electron chi connectivity index (χ1n) is 10.6. The highest BCUT2D eigenvalue weighted by Gasteiger charge is 2.18. The van der Waals surface area contributed by atoms with Gasteiger partial charge in [-0.3, -0.25) is 14.4 Å². The molecular formula is C22H28N8O. The quantitative estimate of drug-likeness (QED) is 0.626. The van der Waals surface area contributed by atoms with Gasteiger partial charge in [0.1, 0.15) is 6.33 Å². The molecule has 3 heterocycles. The molecule has 31 heavy (non-hydrogen) atoms. The van der Waals surface area contributed by atoms with Crippen molar-refractivity contribution in [2.24, 2.45) is 0 Å². The van der Waals surface area contributed by atoms with Gasteiger partial charge in [0.25, 0.3) is 5.91 Å². The van der Waals surface area contributed by atoms with Crippen molar-refractivity contribution < 1.29 is 4.79 Å². The Morgan fingerprint density at radius 3 is 2.52 bits per heavy atom. The van der Waals surface area contributed by atoms with Crippen LogP contribution in [0.5, 0.6) is 0 Å².